The normalized spacial score (nSPS) is 19.9. The van der Waals surface area contributed by atoms with Crippen LogP contribution in [0.25, 0.3) is 0 Å². The lowest BCUT2D eigenvalue weighted by Crippen LogP contribution is -2.44. The third kappa shape index (κ3) is 3.16. The number of ether oxygens (including phenoxy) is 1. The Morgan fingerprint density at radius 3 is 2.71 bits per heavy atom. The second kappa shape index (κ2) is 5.82. The van der Waals surface area contributed by atoms with Gasteiger partial charge < -0.3 is 9.64 Å². The summed E-state index contributed by atoms with van der Waals surface area (Å²) in [6.45, 7) is 4.72. The lowest BCUT2D eigenvalue weighted by Gasteiger charge is -2.20. The van der Waals surface area contributed by atoms with Crippen molar-refractivity contribution in [2.75, 3.05) is 26.8 Å². The Balaban J connectivity index is 2.50. The van der Waals surface area contributed by atoms with Gasteiger partial charge >= 0.3 is 0 Å². The van der Waals surface area contributed by atoms with Gasteiger partial charge in [-0.1, -0.05) is 0 Å². The maximum Gasteiger partial charge on any atom is 0.208 e. The average molecular weight is 200 g/mol. The molecular formula is C9H20N4O. The summed E-state index contributed by atoms with van der Waals surface area (Å²) in [6, 6.07) is 0.145. The highest BCUT2D eigenvalue weighted by atomic mass is 16.5. The first-order valence-corrected chi connectivity index (χ1v) is 5.06. The number of nitrogens with two attached hydrogens (primary N) is 1. The quantitative estimate of drug-likeness (QED) is 0.290. The molecule has 1 aliphatic heterocycles. The van der Waals surface area contributed by atoms with Crippen LogP contribution in [0.5, 0.6) is 0 Å². The second-order valence-electron chi connectivity index (χ2n) is 3.60. The molecule has 1 saturated heterocycles. The monoisotopic (exact) mass is 200 g/mol. The molecule has 0 radical (unpaired) electrons. The molecule has 0 aromatic rings. The largest absolute Gasteiger partial charge is 0.382 e. The standard InChI is InChI=1S/C9H20N4O/c1-8(7-14-2)11-9(12-10)13-5-3-4-6-13/h8H,3-7,10H2,1-2H3,(H,11,12). The van der Waals surface area contributed by atoms with Crippen LogP contribution < -0.4 is 11.3 Å². The van der Waals surface area contributed by atoms with Crippen LogP contribution in [0.3, 0.4) is 0 Å². The zero-order chi connectivity index (χ0) is 10.4. The van der Waals surface area contributed by atoms with E-state index in [2.05, 4.69) is 15.3 Å². The Morgan fingerprint density at radius 1 is 1.57 bits per heavy atom. The van der Waals surface area contributed by atoms with Crippen molar-refractivity contribution in [3.05, 3.63) is 0 Å². The number of nitrogens with zero attached hydrogens (tertiary/aromatic N) is 2. The fourth-order valence-electron chi connectivity index (χ4n) is 1.63. The molecule has 5 nitrogen and oxygen atoms in total. The molecule has 0 aromatic carbocycles. The second-order valence-corrected chi connectivity index (χ2v) is 3.60. The molecule has 0 aromatic heterocycles. The molecule has 14 heavy (non-hydrogen) atoms. The molecule has 1 rings (SSSR count). The highest BCUT2D eigenvalue weighted by Gasteiger charge is 2.15. The van der Waals surface area contributed by atoms with E-state index in [1.54, 1.807) is 7.11 Å². The molecule has 3 N–H and O–H groups in total. The summed E-state index contributed by atoms with van der Waals surface area (Å²) in [5.74, 6) is 6.22. The predicted molar refractivity (Wildman–Crippen MR) is 56.9 cm³/mol. The van der Waals surface area contributed by atoms with E-state index in [0.29, 0.717) is 6.61 Å². The first kappa shape index (κ1) is 11.3. The first-order chi connectivity index (χ1) is 6.77. The van der Waals surface area contributed by atoms with Crippen molar-refractivity contribution in [2.45, 2.75) is 25.8 Å². The van der Waals surface area contributed by atoms with Gasteiger partial charge in [0.25, 0.3) is 0 Å². The number of guanidine groups is 1. The van der Waals surface area contributed by atoms with Gasteiger partial charge in [0, 0.05) is 20.2 Å². The van der Waals surface area contributed by atoms with E-state index in [9.17, 15) is 0 Å². The molecule has 1 heterocycles. The molecule has 5 heteroatoms. The number of hydrazine groups is 1. The Morgan fingerprint density at radius 2 is 2.21 bits per heavy atom. The molecule has 0 saturated carbocycles. The number of aliphatic imine (C=N–C) groups is 1. The van der Waals surface area contributed by atoms with Gasteiger partial charge in [0.05, 0.1) is 12.6 Å². The number of rotatable bonds is 3. The number of methoxy groups -OCH3 is 1. The van der Waals surface area contributed by atoms with Gasteiger partial charge in [-0.3, -0.25) is 5.43 Å². The highest BCUT2D eigenvalue weighted by Crippen LogP contribution is 2.07. The van der Waals surface area contributed by atoms with Gasteiger partial charge in [-0.05, 0) is 19.8 Å². The van der Waals surface area contributed by atoms with Crippen LogP contribution in [-0.4, -0.2) is 43.7 Å². The predicted octanol–water partition coefficient (Wildman–Crippen LogP) is -0.0636. The Labute approximate surface area is 85.3 Å². The molecule has 0 spiro atoms. The molecule has 1 unspecified atom stereocenters. The topological polar surface area (TPSA) is 62.9 Å². The zero-order valence-corrected chi connectivity index (χ0v) is 8.99. The third-order valence-corrected chi connectivity index (χ3v) is 2.29. The Bertz CT molecular complexity index is 189. The summed E-state index contributed by atoms with van der Waals surface area (Å²) in [5.41, 5.74) is 2.65. The third-order valence-electron chi connectivity index (χ3n) is 2.29. The fourth-order valence-corrected chi connectivity index (χ4v) is 1.63. The zero-order valence-electron chi connectivity index (χ0n) is 8.99. The van der Waals surface area contributed by atoms with Gasteiger partial charge in [0.1, 0.15) is 0 Å². The molecule has 0 bridgehead atoms. The first-order valence-electron chi connectivity index (χ1n) is 5.06. The minimum Gasteiger partial charge on any atom is -0.382 e. The van der Waals surface area contributed by atoms with Crippen LogP contribution in [0.15, 0.2) is 4.99 Å². The van der Waals surface area contributed by atoms with E-state index in [1.807, 2.05) is 6.92 Å². The highest BCUT2D eigenvalue weighted by molar-refractivity contribution is 5.79. The maximum absolute atomic E-state index is 5.43. The van der Waals surface area contributed by atoms with Gasteiger partial charge in [-0.2, -0.15) is 0 Å². The molecule has 0 amide bonds. The van der Waals surface area contributed by atoms with E-state index in [-0.39, 0.29) is 6.04 Å². The van der Waals surface area contributed by atoms with E-state index in [0.717, 1.165) is 19.0 Å². The van der Waals surface area contributed by atoms with Crippen molar-refractivity contribution in [1.29, 1.82) is 0 Å². The lowest BCUT2D eigenvalue weighted by molar-refractivity contribution is 0.185. The maximum atomic E-state index is 5.43. The summed E-state index contributed by atoms with van der Waals surface area (Å²) in [6.07, 6.45) is 2.44. The van der Waals surface area contributed by atoms with E-state index < -0.39 is 0 Å². The van der Waals surface area contributed by atoms with E-state index in [1.165, 1.54) is 12.8 Å². The molecule has 1 atom stereocenters. The van der Waals surface area contributed by atoms with Gasteiger partial charge in [-0.15, -0.1) is 0 Å². The van der Waals surface area contributed by atoms with Crippen molar-refractivity contribution in [3.8, 4) is 0 Å². The van der Waals surface area contributed by atoms with Crippen LogP contribution in [-0.2, 0) is 4.74 Å². The minimum atomic E-state index is 0.145. The van der Waals surface area contributed by atoms with Gasteiger partial charge in [0.2, 0.25) is 5.96 Å². The van der Waals surface area contributed by atoms with Crippen LogP contribution in [0.4, 0.5) is 0 Å². The molecule has 1 fully saturated rings. The molecular weight excluding hydrogens is 180 g/mol. The Kier molecular flexibility index (Phi) is 4.69. The average Bonchev–Trinajstić information content (AvgIpc) is 2.67. The lowest BCUT2D eigenvalue weighted by atomic mass is 10.4. The summed E-state index contributed by atoms with van der Waals surface area (Å²) in [4.78, 5) is 6.62. The number of likely N-dealkylation sites (tertiary alicyclic amines) is 1. The van der Waals surface area contributed by atoms with E-state index in [4.69, 9.17) is 10.6 Å². The van der Waals surface area contributed by atoms with Gasteiger partial charge in [-0.25, -0.2) is 10.8 Å². The number of hydrogen-bond donors (Lipinski definition) is 2. The summed E-state index contributed by atoms with van der Waals surface area (Å²) < 4.78 is 5.02. The number of hydrogen-bond acceptors (Lipinski definition) is 3. The number of nitrogens with one attached hydrogen (secondary N) is 1. The molecule has 0 aliphatic carbocycles. The van der Waals surface area contributed by atoms with Crippen LogP contribution >= 0.6 is 0 Å². The van der Waals surface area contributed by atoms with Crippen molar-refractivity contribution in [1.82, 2.24) is 10.3 Å². The fraction of sp³-hybridized carbons (Fsp3) is 0.889. The summed E-state index contributed by atoms with van der Waals surface area (Å²) in [5, 5.41) is 0. The smallest absolute Gasteiger partial charge is 0.208 e. The minimum absolute atomic E-state index is 0.145. The van der Waals surface area contributed by atoms with Crippen molar-refractivity contribution in [3.63, 3.8) is 0 Å². The SMILES string of the molecule is COCC(C)N=C(NN)N1CCCC1. The Hall–Kier alpha value is -0.810. The van der Waals surface area contributed by atoms with Crippen molar-refractivity contribution >= 4 is 5.96 Å². The van der Waals surface area contributed by atoms with Gasteiger partial charge in [0.15, 0.2) is 0 Å². The van der Waals surface area contributed by atoms with Crippen molar-refractivity contribution in [2.24, 2.45) is 10.8 Å². The van der Waals surface area contributed by atoms with E-state index >= 15 is 0 Å². The molecule has 82 valence electrons. The summed E-state index contributed by atoms with van der Waals surface area (Å²) >= 11 is 0. The summed E-state index contributed by atoms with van der Waals surface area (Å²) in [7, 11) is 1.68. The van der Waals surface area contributed by atoms with Crippen molar-refractivity contribution < 1.29 is 4.74 Å². The molecule has 1 aliphatic rings. The van der Waals surface area contributed by atoms with Crippen LogP contribution in [0, 0.1) is 0 Å². The van der Waals surface area contributed by atoms with Crippen LogP contribution in [0.2, 0.25) is 0 Å². The van der Waals surface area contributed by atoms with Crippen LogP contribution in [0.1, 0.15) is 19.8 Å².